The number of aromatic nitrogens is 4. The van der Waals surface area contributed by atoms with E-state index in [1.807, 2.05) is 0 Å². The third-order valence-corrected chi connectivity index (χ3v) is 4.87. The monoisotopic (exact) mass is 331 g/mol. The summed E-state index contributed by atoms with van der Waals surface area (Å²) in [6.07, 6.45) is 5.13. The van der Waals surface area contributed by atoms with Crippen molar-refractivity contribution in [3.05, 3.63) is 35.8 Å². The van der Waals surface area contributed by atoms with Crippen LogP contribution < -0.4 is 4.74 Å². The van der Waals surface area contributed by atoms with Crippen LogP contribution >= 0.6 is 0 Å². The molecule has 24 heavy (non-hydrogen) atoms. The summed E-state index contributed by atoms with van der Waals surface area (Å²) in [5, 5.41) is 8.56. The molecule has 0 N–H and O–H groups in total. The Labute approximate surface area is 140 Å². The molecule has 6 nitrogen and oxygen atoms in total. The molecule has 7 heteroatoms. The molecule has 0 radical (unpaired) electrons. The second-order valence-corrected chi connectivity index (χ2v) is 6.75. The van der Waals surface area contributed by atoms with Crippen LogP contribution in [0.4, 0.5) is 4.39 Å². The van der Waals surface area contributed by atoms with Gasteiger partial charge in [-0.3, -0.25) is 4.90 Å². The minimum absolute atomic E-state index is 0.00667. The Morgan fingerprint density at radius 1 is 1.29 bits per heavy atom. The van der Waals surface area contributed by atoms with Crippen LogP contribution in [-0.4, -0.2) is 43.8 Å². The zero-order valence-corrected chi connectivity index (χ0v) is 13.9. The lowest BCUT2D eigenvalue weighted by molar-refractivity contribution is 0.201. The first-order valence-corrected chi connectivity index (χ1v) is 8.59. The van der Waals surface area contributed by atoms with E-state index >= 15 is 0 Å². The minimum Gasteiger partial charge on any atom is -0.467 e. The third kappa shape index (κ3) is 3.26. The van der Waals surface area contributed by atoms with E-state index in [-0.39, 0.29) is 12.5 Å². The van der Waals surface area contributed by atoms with E-state index in [1.165, 1.54) is 31.6 Å². The lowest BCUT2D eigenvalue weighted by Crippen LogP contribution is -2.36. The largest absolute Gasteiger partial charge is 0.467 e. The average Bonchev–Trinajstić information content (AvgIpc) is 3.34. The molecule has 1 aliphatic carbocycles. The van der Waals surface area contributed by atoms with Crippen LogP contribution in [0.3, 0.4) is 0 Å². The van der Waals surface area contributed by atoms with Crippen molar-refractivity contribution in [2.75, 3.05) is 13.1 Å². The fourth-order valence-corrected chi connectivity index (χ4v) is 3.24. The van der Waals surface area contributed by atoms with Crippen LogP contribution in [0, 0.1) is 11.7 Å². The summed E-state index contributed by atoms with van der Waals surface area (Å²) >= 11 is 0. The lowest BCUT2D eigenvalue weighted by atomic mass is 10.2. The SMILES string of the molecule is C[C@H]1Cc2nnc(COc3ncccc3F)n2CCN1CC1CC1. The molecule has 0 unspecified atom stereocenters. The maximum atomic E-state index is 13.6. The van der Waals surface area contributed by atoms with Crippen LogP contribution in [0.15, 0.2) is 18.3 Å². The zero-order valence-electron chi connectivity index (χ0n) is 13.9. The van der Waals surface area contributed by atoms with E-state index in [9.17, 15) is 4.39 Å². The van der Waals surface area contributed by atoms with Gasteiger partial charge < -0.3 is 9.30 Å². The van der Waals surface area contributed by atoms with E-state index in [1.54, 1.807) is 6.07 Å². The molecule has 2 aromatic heterocycles. The highest BCUT2D eigenvalue weighted by Crippen LogP contribution is 2.31. The normalized spacial score (nSPS) is 21.3. The van der Waals surface area contributed by atoms with Crippen LogP contribution in [0.25, 0.3) is 0 Å². The van der Waals surface area contributed by atoms with Crippen molar-refractivity contribution in [3.8, 4) is 5.88 Å². The number of nitrogens with zero attached hydrogens (tertiary/aromatic N) is 5. The highest BCUT2D eigenvalue weighted by molar-refractivity contribution is 5.13. The standard InChI is InChI=1S/C17H22FN5O/c1-12-9-15-20-21-16(11-24-17-14(18)3-2-6-19-17)23(15)8-7-22(12)10-13-4-5-13/h2-3,6,12-13H,4-5,7-11H2,1H3/t12-/m0/s1. The Balaban J connectivity index is 1.45. The van der Waals surface area contributed by atoms with Crippen LogP contribution in [0.5, 0.6) is 5.88 Å². The quantitative estimate of drug-likeness (QED) is 0.839. The van der Waals surface area contributed by atoms with Crippen LogP contribution in [0.1, 0.15) is 31.4 Å². The van der Waals surface area contributed by atoms with Crippen molar-refractivity contribution in [2.45, 2.75) is 45.4 Å². The molecule has 1 atom stereocenters. The Hall–Kier alpha value is -2.02. The van der Waals surface area contributed by atoms with Crippen molar-refractivity contribution in [2.24, 2.45) is 5.92 Å². The molecule has 1 aliphatic heterocycles. The van der Waals surface area contributed by atoms with E-state index in [4.69, 9.17) is 4.74 Å². The average molecular weight is 331 g/mol. The predicted octanol–water partition coefficient (Wildman–Crippen LogP) is 2.05. The van der Waals surface area contributed by atoms with Gasteiger partial charge in [-0.2, -0.15) is 0 Å². The molecule has 3 heterocycles. The first-order valence-electron chi connectivity index (χ1n) is 8.59. The highest BCUT2D eigenvalue weighted by atomic mass is 19.1. The fourth-order valence-electron chi connectivity index (χ4n) is 3.24. The summed E-state index contributed by atoms with van der Waals surface area (Å²) in [6, 6.07) is 3.35. The molecule has 1 saturated carbocycles. The zero-order chi connectivity index (χ0) is 16.5. The number of halogens is 1. The molecule has 0 saturated heterocycles. The van der Waals surface area contributed by atoms with E-state index in [0.29, 0.717) is 6.04 Å². The van der Waals surface area contributed by atoms with Gasteiger partial charge in [-0.1, -0.05) is 0 Å². The van der Waals surface area contributed by atoms with Gasteiger partial charge in [-0.15, -0.1) is 10.2 Å². The Bertz CT molecular complexity index is 715. The molecule has 0 amide bonds. The van der Waals surface area contributed by atoms with Gasteiger partial charge in [0.25, 0.3) is 5.88 Å². The Morgan fingerprint density at radius 3 is 2.96 bits per heavy atom. The second kappa shape index (κ2) is 6.47. The van der Waals surface area contributed by atoms with Crippen molar-refractivity contribution in [3.63, 3.8) is 0 Å². The van der Waals surface area contributed by atoms with E-state index in [0.717, 1.165) is 37.1 Å². The minimum atomic E-state index is -0.461. The molecular weight excluding hydrogens is 309 g/mol. The van der Waals surface area contributed by atoms with Gasteiger partial charge in [-0.25, -0.2) is 9.37 Å². The fraction of sp³-hybridized carbons (Fsp3) is 0.588. The summed E-state index contributed by atoms with van der Waals surface area (Å²) in [5.41, 5.74) is 0. The first-order chi connectivity index (χ1) is 11.7. The second-order valence-electron chi connectivity index (χ2n) is 6.75. The smallest absolute Gasteiger partial charge is 0.250 e. The van der Waals surface area contributed by atoms with Gasteiger partial charge in [0.05, 0.1) is 0 Å². The van der Waals surface area contributed by atoms with E-state index in [2.05, 4.69) is 31.6 Å². The van der Waals surface area contributed by atoms with Gasteiger partial charge in [-0.05, 0) is 37.8 Å². The van der Waals surface area contributed by atoms with Gasteiger partial charge in [0.1, 0.15) is 12.4 Å². The summed E-state index contributed by atoms with van der Waals surface area (Å²) in [4.78, 5) is 6.46. The molecule has 0 spiro atoms. The maximum absolute atomic E-state index is 13.6. The number of hydrogen-bond acceptors (Lipinski definition) is 5. The number of fused-ring (bicyclic) bond motifs is 1. The molecule has 0 aromatic carbocycles. The molecule has 2 aromatic rings. The topological polar surface area (TPSA) is 56.1 Å². The van der Waals surface area contributed by atoms with Gasteiger partial charge in [0.2, 0.25) is 0 Å². The van der Waals surface area contributed by atoms with Crippen LogP contribution in [0.2, 0.25) is 0 Å². The molecule has 1 fully saturated rings. The Kier molecular flexibility index (Phi) is 4.18. The number of ether oxygens (including phenoxy) is 1. The van der Waals surface area contributed by atoms with Crippen LogP contribution in [-0.2, 0) is 19.6 Å². The van der Waals surface area contributed by atoms with Crippen molar-refractivity contribution < 1.29 is 9.13 Å². The summed E-state index contributed by atoms with van der Waals surface area (Å²) in [5.74, 6) is 2.15. The maximum Gasteiger partial charge on any atom is 0.250 e. The number of pyridine rings is 1. The third-order valence-electron chi connectivity index (χ3n) is 4.87. The summed E-state index contributed by atoms with van der Waals surface area (Å²) in [7, 11) is 0. The van der Waals surface area contributed by atoms with Crippen molar-refractivity contribution in [1.29, 1.82) is 0 Å². The summed E-state index contributed by atoms with van der Waals surface area (Å²) < 4.78 is 21.2. The van der Waals surface area contributed by atoms with E-state index < -0.39 is 5.82 Å². The van der Waals surface area contributed by atoms with Crippen molar-refractivity contribution in [1.82, 2.24) is 24.6 Å². The van der Waals surface area contributed by atoms with Gasteiger partial charge in [0.15, 0.2) is 11.6 Å². The number of hydrogen-bond donors (Lipinski definition) is 0. The predicted molar refractivity (Wildman–Crippen MR) is 86.0 cm³/mol. The summed E-state index contributed by atoms with van der Waals surface area (Å²) in [6.45, 7) is 5.46. The molecule has 0 bridgehead atoms. The molecule has 128 valence electrons. The molecule has 4 rings (SSSR count). The molecular formula is C17H22FN5O. The molecule has 2 aliphatic rings. The van der Waals surface area contributed by atoms with Gasteiger partial charge >= 0.3 is 0 Å². The van der Waals surface area contributed by atoms with Crippen molar-refractivity contribution >= 4 is 0 Å². The Morgan fingerprint density at radius 2 is 2.17 bits per heavy atom. The van der Waals surface area contributed by atoms with Gasteiger partial charge in [0, 0.05) is 38.3 Å². The first kappa shape index (κ1) is 15.5. The highest BCUT2D eigenvalue weighted by Gasteiger charge is 2.29. The lowest BCUT2D eigenvalue weighted by Gasteiger charge is -2.26. The number of rotatable bonds is 5.